The van der Waals surface area contributed by atoms with E-state index < -0.39 is 23.9 Å². The first-order valence-electron chi connectivity index (χ1n) is 12.0. The molecule has 1 saturated heterocycles. The Kier molecular flexibility index (Phi) is 7.42. The fourth-order valence-electron chi connectivity index (χ4n) is 4.04. The van der Waals surface area contributed by atoms with Crippen LogP contribution >= 0.6 is 0 Å². The summed E-state index contributed by atoms with van der Waals surface area (Å²) in [5, 5.41) is 0. The zero-order valence-corrected chi connectivity index (χ0v) is 22.4. The van der Waals surface area contributed by atoms with Gasteiger partial charge in [0, 0.05) is 19.1 Å². The highest BCUT2D eigenvalue weighted by Gasteiger charge is 2.52. The van der Waals surface area contributed by atoms with Crippen LogP contribution in [0.15, 0.2) is 18.2 Å². The Balaban J connectivity index is 1.91. The van der Waals surface area contributed by atoms with Crippen LogP contribution in [0, 0.1) is 6.92 Å². The summed E-state index contributed by atoms with van der Waals surface area (Å²) in [6.45, 7) is 19.2. The Morgan fingerprint density at radius 1 is 1.21 bits per heavy atom. The van der Waals surface area contributed by atoms with Crippen LogP contribution in [0.1, 0.15) is 61.2 Å². The third kappa shape index (κ3) is 5.58. The molecule has 1 fully saturated rings. The number of carbonyl (C=O) groups is 1. The summed E-state index contributed by atoms with van der Waals surface area (Å²) in [5.41, 5.74) is 1.34. The van der Waals surface area contributed by atoms with E-state index in [1.807, 2.05) is 80.5 Å². The van der Waals surface area contributed by atoms with Gasteiger partial charge in [-0.2, -0.15) is 0 Å². The van der Waals surface area contributed by atoms with Crippen LogP contribution in [-0.4, -0.2) is 70.8 Å². The van der Waals surface area contributed by atoms with Gasteiger partial charge in [-0.3, -0.25) is 0 Å². The standard InChI is InChI=1S/C25H40BN3O5/c1-11-31-18(15-28(10)22(30)32-23(3,4)5)16-29-17(2)27-20-14-12-13-19(21(20)29)26-33-24(6,7)25(8,9)34-26/h12-14,18H,11,15-16H2,1-10H3. The Hall–Kier alpha value is -2.10. The average molecular weight is 473 g/mol. The van der Waals surface area contributed by atoms with Crippen LogP contribution in [-0.2, 0) is 25.3 Å². The van der Waals surface area contributed by atoms with Crippen molar-refractivity contribution in [1.82, 2.24) is 14.5 Å². The highest BCUT2D eigenvalue weighted by atomic mass is 16.7. The first-order chi connectivity index (χ1) is 15.6. The Morgan fingerprint density at radius 3 is 2.38 bits per heavy atom. The molecule has 34 heavy (non-hydrogen) atoms. The van der Waals surface area contributed by atoms with E-state index in [-0.39, 0.29) is 12.2 Å². The molecule has 8 nitrogen and oxygen atoms in total. The van der Waals surface area contributed by atoms with Crippen LogP contribution in [0.4, 0.5) is 4.79 Å². The molecule has 1 unspecified atom stereocenters. The summed E-state index contributed by atoms with van der Waals surface area (Å²) in [6.07, 6.45) is -0.618. The number of carbonyl (C=O) groups excluding carboxylic acids is 1. The van der Waals surface area contributed by atoms with Crippen LogP contribution in [0.2, 0.25) is 0 Å². The molecule has 0 spiro atoms. The largest absolute Gasteiger partial charge is 0.497 e. The molecule has 1 aliphatic rings. The van der Waals surface area contributed by atoms with E-state index in [0.29, 0.717) is 19.7 Å². The number of likely N-dealkylation sites (N-methyl/N-ethyl adjacent to an activating group) is 1. The molecule has 188 valence electrons. The molecule has 2 heterocycles. The van der Waals surface area contributed by atoms with Crippen molar-refractivity contribution >= 4 is 29.7 Å². The third-order valence-corrected chi connectivity index (χ3v) is 6.47. The van der Waals surface area contributed by atoms with E-state index in [0.717, 1.165) is 22.3 Å². The van der Waals surface area contributed by atoms with Crippen molar-refractivity contribution in [2.24, 2.45) is 0 Å². The van der Waals surface area contributed by atoms with E-state index in [4.69, 9.17) is 23.8 Å². The van der Waals surface area contributed by atoms with E-state index in [2.05, 4.69) is 4.57 Å². The number of aryl methyl sites for hydroxylation is 1. The van der Waals surface area contributed by atoms with Gasteiger partial charge in [0.1, 0.15) is 11.4 Å². The number of amides is 1. The minimum Gasteiger partial charge on any atom is -0.444 e. The van der Waals surface area contributed by atoms with E-state index in [1.165, 1.54) is 0 Å². The Labute approximate surface area is 204 Å². The van der Waals surface area contributed by atoms with E-state index >= 15 is 0 Å². The molecular formula is C25H40BN3O5. The van der Waals surface area contributed by atoms with Crippen LogP contribution in [0.3, 0.4) is 0 Å². The zero-order chi connectivity index (χ0) is 25.5. The van der Waals surface area contributed by atoms with Gasteiger partial charge in [-0.15, -0.1) is 0 Å². The quantitative estimate of drug-likeness (QED) is 0.568. The van der Waals surface area contributed by atoms with Gasteiger partial charge in [0.15, 0.2) is 0 Å². The van der Waals surface area contributed by atoms with Crippen LogP contribution in [0.5, 0.6) is 0 Å². The monoisotopic (exact) mass is 473 g/mol. The number of hydrogen-bond donors (Lipinski definition) is 0. The number of hydrogen-bond acceptors (Lipinski definition) is 6. The summed E-state index contributed by atoms with van der Waals surface area (Å²) in [4.78, 5) is 18.9. The molecule has 0 N–H and O–H groups in total. The molecule has 0 bridgehead atoms. The molecule has 1 aliphatic heterocycles. The maximum atomic E-state index is 12.5. The molecule has 1 aromatic heterocycles. The van der Waals surface area contributed by atoms with Gasteiger partial charge in [0.05, 0.1) is 41.4 Å². The minimum absolute atomic E-state index is 0.245. The highest BCUT2D eigenvalue weighted by molar-refractivity contribution is 6.65. The van der Waals surface area contributed by atoms with Crippen molar-refractivity contribution in [2.75, 3.05) is 20.2 Å². The van der Waals surface area contributed by atoms with Gasteiger partial charge in [0.2, 0.25) is 0 Å². The lowest BCUT2D eigenvalue weighted by molar-refractivity contribution is 0.00179. The van der Waals surface area contributed by atoms with Crippen molar-refractivity contribution < 1.29 is 23.6 Å². The topological polar surface area (TPSA) is 75.0 Å². The minimum atomic E-state index is -0.554. The van der Waals surface area contributed by atoms with Gasteiger partial charge in [-0.1, -0.05) is 12.1 Å². The molecule has 3 rings (SSSR count). The first-order valence-corrected chi connectivity index (χ1v) is 12.0. The molecule has 1 atom stereocenters. The molecule has 9 heteroatoms. The number of para-hydroxylation sites is 1. The lowest BCUT2D eigenvalue weighted by atomic mass is 9.78. The predicted octanol–water partition coefficient (Wildman–Crippen LogP) is 3.92. The smallest absolute Gasteiger partial charge is 0.444 e. The summed E-state index contributed by atoms with van der Waals surface area (Å²) >= 11 is 0. The Morgan fingerprint density at radius 2 is 1.82 bits per heavy atom. The van der Waals surface area contributed by atoms with Crippen molar-refractivity contribution in [3.8, 4) is 0 Å². The van der Waals surface area contributed by atoms with E-state index in [9.17, 15) is 4.79 Å². The number of aromatic nitrogens is 2. The van der Waals surface area contributed by atoms with Crippen LogP contribution < -0.4 is 5.46 Å². The fourth-order valence-corrected chi connectivity index (χ4v) is 4.04. The second-order valence-corrected chi connectivity index (χ2v) is 11.0. The molecule has 2 aromatic rings. The summed E-state index contributed by atoms with van der Waals surface area (Å²) in [7, 11) is 1.23. The molecule has 0 aliphatic carbocycles. The normalized spacial score (nSPS) is 18.4. The summed E-state index contributed by atoms with van der Waals surface area (Å²) in [6, 6.07) is 6.01. The van der Waals surface area contributed by atoms with Crippen molar-refractivity contribution in [2.45, 2.75) is 91.8 Å². The molecule has 1 aromatic carbocycles. The van der Waals surface area contributed by atoms with Crippen LogP contribution in [0.25, 0.3) is 11.0 Å². The first kappa shape index (κ1) is 26.5. The fraction of sp³-hybridized carbons (Fsp3) is 0.680. The second-order valence-electron chi connectivity index (χ2n) is 11.0. The molecular weight excluding hydrogens is 433 g/mol. The maximum absolute atomic E-state index is 12.5. The number of rotatable bonds is 7. The number of benzene rings is 1. The zero-order valence-electron chi connectivity index (χ0n) is 22.4. The summed E-state index contributed by atoms with van der Waals surface area (Å²) in [5.74, 6) is 0.864. The number of ether oxygens (including phenoxy) is 2. The van der Waals surface area contributed by atoms with Gasteiger partial charge in [-0.05, 0) is 68.4 Å². The Bertz CT molecular complexity index is 1010. The predicted molar refractivity (Wildman–Crippen MR) is 134 cm³/mol. The SMILES string of the molecule is CCOC(CN(C)C(=O)OC(C)(C)C)Cn1c(C)nc2cccc(B3OC(C)(C)C(C)(C)O3)c21. The van der Waals surface area contributed by atoms with Crippen molar-refractivity contribution in [3.63, 3.8) is 0 Å². The lowest BCUT2D eigenvalue weighted by Crippen LogP contribution is -2.41. The summed E-state index contributed by atoms with van der Waals surface area (Å²) < 4.78 is 26.4. The lowest BCUT2D eigenvalue weighted by Gasteiger charge is -2.32. The van der Waals surface area contributed by atoms with E-state index in [1.54, 1.807) is 11.9 Å². The maximum Gasteiger partial charge on any atom is 0.497 e. The molecule has 0 saturated carbocycles. The van der Waals surface area contributed by atoms with Gasteiger partial charge < -0.3 is 28.2 Å². The molecule has 1 amide bonds. The number of imidazole rings is 1. The third-order valence-electron chi connectivity index (χ3n) is 6.47. The molecule has 0 radical (unpaired) electrons. The average Bonchev–Trinajstić information content (AvgIpc) is 3.12. The highest BCUT2D eigenvalue weighted by Crippen LogP contribution is 2.37. The second kappa shape index (κ2) is 9.51. The van der Waals surface area contributed by atoms with Gasteiger partial charge in [-0.25, -0.2) is 9.78 Å². The number of nitrogens with zero attached hydrogens (tertiary/aromatic N) is 3. The van der Waals surface area contributed by atoms with Gasteiger partial charge in [0.25, 0.3) is 0 Å². The number of fused-ring (bicyclic) bond motifs is 1. The van der Waals surface area contributed by atoms with Crippen molar-refractivity contribution in [3.05, 3.63) is 24.0 Å². The van der Waals surface area contributed by atoms with Crippen molar-refractivity contribution in [1.29, 1.82) is 0 Å². The van der Waals surface area contributed by atoms with Gasteiger partial charge >= 0.3 is 13.2 Å².